The summed E-state index contributed by atoms with van der Waals surface area (Å²) in [5, 5.41) is 4.67. The second-order valence-corrected chi connectivity index (χ2v) is 9.49. The van der Waals surface area contributed by atoms with Crippen molar-refractivity contribution in [1.29, 1.82) is 0 Å². The van der Waals surface area contributed by atoms with E-state index in [1.165, 1.54) is 0 Å². The summed E-state index contributed by atoms with van der Waals surface area (Å²) >= 11 is 0. The van der Waals surface area contributed by atoms with Gasteiger partial charge < -0.3 is 19.7 Å². The van der Waals surface area contributed by atoms with Crippen molar-refractivity contribution >= 4 is 22.5 Å². The van der Waals surface area contributed by atoms with E-state index in [4.69, 9.17) is 9.47 Å². The molecule has 1 atom stereocenters. The molecule has 0 saturated heterocycles. The van der Waals surface area contributed by atoms with Gasteiger partial charge in [0.2, 0.25) is 5.91 Å². The Kier molecular flexibility index (Phi) is 8.45. The Labute approximate surface area is 208 Å². The molecule has 6 nitrogen and oxygen atoms in total. The van der Waals surface area contributed by atoms with Crippen LogP contribution in [0.3, 0.4) is 0 Å². The number of benzene rings is 2. The lowest BCUT2D eigenvalue weighted by Gasteiger charge is -2.27. The van der Waals surface area contributed by atoms with E-state index in [0.717, 1.165) is 78.7 Å². The van der Waals surface area contributed by atoms with Crippen LogP contribution in [0.5, 0.6) is 11.5 Å². The first-order valence-corrected chi connectivity index (χ1v) is 12.7. The summed E-state index contributed by atoms with van der Waals surface area (Å²) in [7, 11) is 3.37. The molecule has 2 aromatic carbocycles. The van der Waals surface area contributed by atoms with Crippen molar-refractivity contribution < 1.29 is 14.3 Å². The molecule has 1 unspecified atom stereocenters. The third-order valence-corrected chi connectivity index (χ3v) is 6.95. The van der Waals surface area contributed by atoms with Gasteiger partial charge in [-0.1, -0.05) is 37.1 Å². The quantitative estimate of drug-likeness (QED) is 0.366. The Hall–Kier alpha value is -3.28. The van der Waals surface area contributed by atoms with E-state index in [9.17, 15) is 4.79 Å². The number of carbonyl (C=O) groups is 1. The van der Waals surface area contributed by atoms with Crippen molar-refractivity contribution in [3.63, 3.8) is 0 Å². The van der Waals surface area contributed by atoms with Gasteiger partial charge in [0.15, 0.2) is 0 Å². The number of carbonyl (C=O) groups excluding carboxylic acids is 1. The van der Waals surface area contributed by atoms with Gasteiger partial charge in [-0.3, -0.25) is 9.78 Å². The number of rotatable bonds is 11. The second kappa shape index (κ2) is 11.9. The maximum atomic E-state index is 13.4. The molecule has 1 aliphatic rings. The van der Waals surface area contributed by atoms with Gasteiger partial charge in [-0.15, -0.1) is 0 Å². The highest BCUT2D eigenvalue weighted by Gasteiger charge is 2.27. The molecule has 0 bridgehead atoms. The molecule has 1 amide bonds. The van der Waals surface area contributed by atoms with E-state index in [-0.39, 0.29) is 17.9 Å². The first-order valence-electron chi connectivity index (χ1n) is 12.7. The van der Waals surface area contributed by atoms with Crippen LogP contribution in [0, 0.1) is 5.92 Å². The first kappa shape index (κ1) is 24.8. The molecule has 1 N–H and O–H groups in total. The fourth-order valence-electron chi connectivity index (χ4n) is 5.06. The number of hydrogen-bond donors (Lipinski definition) is 1. The summed E-state index contributed by atoms with van der Waals surface area (Å²) in [6.45, 7) is 3.50. The van der Waals surface area contributed by atoms with Gasteiger partial charge in [0.25, 0.3) is 0 Å². The first-order chi connectivity index (χ1) is 17.1. The SMILES string of the molecule is COc1cc(NC(C)CCCN(Cc2ccccc2OC)C(=O)C2CCCC2)c2ncccc2c1. The Morgan fingerprint density at radius 2 is 1.91 bits per heavy atom. The number of aromatic nitrogens is 1. The van der Waals surface area contributed by atoms with Crippen LogP contribution in [0.1, 0.15) is 51.0 Å². The summed E-state index contributed by atoms with van der Waals surface area (Å²) in [6, 6.07) is 16.2. The van der Waals surface area contributed by atoms with Gasteiger partial charge in [-0.05, 0) is 50.8 Å². The van der Waals surface area contributed by atoms with Crippen molar-refractivity contribution in [1.82, 2.24) is 9.88 Å². The molecule has 1 fully saturated rings. The van der Waals surface area contributed by atoms with Crippen LogP contribution >= 0.6 is 0 Å². The highest BCUT2D eigenvalue weighted by molar-refractivity contribution is 5.91. The third kappa shape index (κ3) is 6.24. The maximum absolute atomic E-state index is 13.4. The minimum Gasteiger partial charge on any atom is -0.497 e. The molecule has 1 aliphatic carbocycles. The second-order valence-electron chi connectivity index (χ2n) is 9.49. The number of methoxy groups -OCH3 is 2. The molecule has 0 aliphatic heterocycles. The van der Waals surface area contributed by atoms with Crippen molar-refractivity contribution in [2.45, 2.75) is 58.0 Å². The topological polar surface area (TPSA) is 63.7 Å². The van der Waals surface area contributed by atoms with Crippen LogP contribution in [0.25, 0.3) is 10.9 Å². The average molecular weight is 476 g/mol. The van der Waals surface area contributed by atoms with Crippen LogP contribution < -0.4 is 14.8 Å². The van der Waals surface area contributed by atoms with Crippen LogP contribution in [-0.2, 0) is 11.3 Å². The number of anilines is 1. The fourth-order valence-corrected chi connectivity index (χ4v) is 5.06. The Balaban J connectivity index is 1.41. The molecule has 0 spiro atoms. The van der Waals surface area contributed by atoms with E-state index in [1.807, 2.05) is 53.6 Å². The Morgan fingerprint density at radius 3 is 2.69 bits per heavy atom. The number of nitrogens with zero attached hydrogens (tertiary/aromatic N) is 2. The van der Waals surface area contributed by atoms with E-state index in [1.54, 1.807) is 14.2 Å². The van der Waals surface area contributed by atoms with E-state index >= 15 is 0 Å². The number of ether oxygens (including phenoxy) is 2. The van der Waals surface area contributed by atoms with Crippen molar-refractivity contribution in [3.05, 3.63) is 60.3 Å². The summed E-state index contributed by atoms with van der Waals surface area (Å²) in [5.74, 6) is 2.10. The molecule has 186 valence electrons. The smallest absolute Gasteiger partial charge is 0.225 e. The molecule has 6 heteroatoms. The van der Waals surface area contributed by atoms with Gasteiger partial charge in [0.1, 0.15) is 11.5 Å². The van der Waals surface area contributed by atoms with Crippen molar-refractivity contribution in [3.8, 4) is 11.5 Å². The average Bonchev–Trinajstić information content (AvgIpc) is 3.43. The molecule has 1 heterocycles. The fraction of sp³-hybridized carbons (Fsp3) is 0.448. The zero-order valence-corrected chi connectivity index (χ0v) is 21.1. The molecular weight excluding hydrogens is 438 g/mol. The lowest BCUT2D eigenvalue weighted by Crippen LogP contribution is -2.36. The van der Waals surface area contributed by atoms with Gasteiger partial charge in [0.05, 0.1) is 25.4 Å². The number of nitrogens with one attached hydrogen (secondary N) is 1. The molecule has 0 radical (unpaired) electrons. The van der Waals surface area contributed by atoms with Crippen LogP contribution in [0.4, 0.5) is 5.69 Å². The zero-order valence-electron chi connectivity index (χ0n) is 21.1. The van der Waals surface area contributed by atoms with E-state index < -0.39 is 0 Å². The molecule has 1 saturated carbocycles. The number of para-hydroxylation sites is 1. The largest absolute Gasteiger partial charge is 0.497 e. The summed E-state index contributed by atoms with van der Waals surface area (Å²) in [5.41, 5.74) is 2.97. The Morgan fingerprint density at radius 1 is 1.11 bits per heavy atom. The molecule has 35 heavy (non-hydrogen) atoms. The van der Waals surface area contributed by atoms with Crippen LogP contribution in [-0.4, -0.2) is 42.6 Å². The minimum atomic E-state index is 0.162. The van der Waals surface area contributed by atoms with E-state index in [2.05, 4.69) is 23.3 Å². The highest BCUT2D eigenvalue weighted by Crippen LogP contribution is 2.30. The molecular formula is C29H37N3O3. The molecule has 3 aromatic rings. The van der Waals surface area contributed by atoms with Crippen molar-refractivity contribution in [2.24, 2.45) is 5.92 Å². The number of hydrogen-bond acceptors (Lipinski definition) is 5. The third-order valence-electron chi connectivity index (χ3n) is 6.95. The van der Waals surface area contributed by atoms with Crippen LogP contribution in [0.2, 0.25) is 0 Å². The number of fused-ring (bicyclic) bond motifs is 1. The van der Waals surface area contributed by atoms with Crippen molar-refractivity contribution in [2.75, 3.05) is 26.1 Å². The lowest BCUT2D eigenvalue weighted by atomic mass is 10.0. The summed E-state index contributed by atoms with van der Waals surface area (Å²) < 4.78 is 11.0. The van der Waals surface area contributed by atoms with Gasteiger partial charge in [-0.2, -0.15) is 0 Å². The van der Waals surface area contributed by atoms with E-state index in [0.29, 0.717) is 6.54 Å². The maximum Gasteiger partial charge on any atom is 0.225 e. The highest BCUT2D eigenvalue weighted by atomic mass is 16.5. The van der Waals surface area contributed by atoms with Crippen LogP contribution in [0.15, 0.2) is 54.7 Å². The van der Waals surface area contributed by atoms with Gasteiger partial charge in [0, 0.05) is 48.3 Å². The zero-order chi connectivity index (χ0) is 24.6. The summed E-state index contributed by atoms with van der Waals surface area (Å²) in [6.07, 6.45) is 7.99. The standard InChI is InChI=1S/C29H37N3O3/c1-21(31-26-19-25(34-2)18-23-14-8-16-30-28(23)26)10-9-17-32(29(33)22-11-4-5-12-22)20-24-13-6-7-15-27(24)35-3/h6-8,13-16,18-19,21-22,31H,4-5,9-12,17,20H2,1-3H3. The Bertz CT molecular complexity index is 1130. The normalized spacial score (nSPS) is 14.6. The summed E-state index contributed by atoms with van der Waals surface area (Å²) in [4.78, 5) is 20.0. The molecule has 1 aromatic heterocycles. The van der Waals surface area contributed by atoms with Gasteiger partial charge in [-0.25, -0.2) is 0 Å². The number of pyridine rings is 1. The molecule has 4 rings (SSSR count). The predicted molar refractivity (Wildman–Crippen MR) is 141 cm³/mol. The monoisotopic (exact) mass is 475 g/mol. The predicted octanol–water partition coefficient (Wildman–Crippen LogP) is 6.05. The minimum absolute atomic E-state index is 0.162. The van der Waals surface area contributed by atoms with Gasteiger partial charge >= 0.3 is 0 Å². The lowest BCUT2D eigenvalue weighted by molar-refractivity contribution is -0.136. The number of amides is 1.